The number of esters is 1. The van der Waals surface area contributed by atoms with E-state index in [4.69, 9.17) is 16.3 Å². The second-order valence-corrected chi connectivity index (χ2v) is 5.91. The molecule has 0 N–H and O–H groups in total. The minimum atomic E-state index is -0.647. The number of methoxy groups -OCH3 is 1. The summed E-state index contributed by atoms with van der Waals surface area (Å²) in [6, 6.07) is 16.6. The molecule has 1 aliphatic heterocycles. The lowest BCUT2D eigenvalue weighted by molar-refractivity contribution is -0.137. The van der Waals surface area contributed by atoms with E-state index in [0.717, 1.165) is 5.69 Å². The number of carbonyl (C=O) groups is 2. The van der Waals surface area contributed by atoms with Gasteiger partial charge in [0.05, 0.1) is 12.8 Å². The molecule has 0 aromatic heterocycles. The van der Waals surface area contributed by atoms with Crippen LogP contribution in [0.1, 0.15) is 12.5 Å². The van der Waals surface area contributed by atoms with Crippen molar-refractivity contribution in [2.75, 3.05) is 12.0 Å². The van der Waals surface area contributed by atoms with Crippen LogP contribution in [0, 0.1) is 0 Å². The zero-order valence-corrected chi connectivity index (χ0v) is 14.6. The molecular weight excluding hydrogens is 338 g/mol. The van der Waals surface area contributed by atoms with E-state index >= 15 is 0 Å². The van der Waals surface area contributed by atoms with Gasteiger partial charge in [-0.2, -0.15) is 0 Å². The highest BCUT2D eigenvalue weighted by Crippen LogP contribution is 2.36. The van der Waals surface area contributed by atoms with Crippen molar-refractivity contribution in [2.24, 2.45) is 0 Å². The number of rotatable bonds is 3. The van der Waals surface area contributed by atoms with Crippen LogP contribution in [-0.4, -0.2) is 18.9 Å². The average molecular weight is 354 g/mol. The lowest BCUT2D eigenvalue weighted by Crippen LogP contribution is -2.18. The van der Waals surface area contributed by atoms with Crippen LogP contribution in [0.2, 0.25) is 5.02 Å². The Balaban J connectivity index is 2.18. The molecule has 0 unspecified atom stereocenters. The largest absolute Gasteiger partial charge is 0.465 e. The molecule has 0 amide bonds. The highest BCUT2D eigenvalue weighted by atomic mass is 35.5. The number of halogens is 1. The van der Waals surface area contributed by atoms with Gasteiger partial charge >= 0.3 is 5.97 Å². The Morgan fingerprint density at radius 3 is 2.36 bits per heavy atom. The molecule has 0 saturated carbocycles. The molecule has 5 heteroatoms. The molecule has 0 aliphatic carbocycles. The molecule has 0 spiro atoms. The Morgan fingerprint density at radius 1 is 1.08 bits per heavy atom. The van der Waals surface area contributed by atoms with Crippen molar-refractivity contribution in [3.8, 4) is 0 Å². The van der Waals surface area contributed by atoms with E-state index in [9.17, 15) is 9.59 Å². The van der Waals surface area contributed by atoms with Gasteiger partial charge in [-0.3, -0.25) is 4.79 Å². The second-order valence-electron chi connectivity index (χ2n) is 5.50. The number of anilines is 1. The Bertz CT molecular complexity index is 900. The predicted molar refractivity (Wildman–Crippen MR) is 98.1 cm³/mol. The fraction of sp³-hybridized carbons (Fsp3) is 0.100. The molecule has 2 aromatic rings. The van der Waals surface area contributed by atoms with Gasteiger partial charge in [-0.1, -0.05) is 48.0 Å². The average Bonchev–Trinajstić information content (AvgIpc) is 2.87. The van der Waals surface area contributed by atoms with Crippen molar-refractivity contribution >= 4 is 35.1 Å². The fourth-order valence-corrected chi connectivity index (χ4v) is 3.00. The van der Waals surface area contributed by atoms with Crippen molar-refractivity contribution in [1.82, 2.24) is 0 Å². The van der Waals surface area contributed by atoms with Gasteiger partial charge in [-0.25, -0.2) is 4.79 Å². The normalized spacial score (nSPS) is 15.9. The maximum atomic E-state index is 12.9. The number of para-hydroxylation sites is 1. The van der Waals surface area contributed by atoms with Gasteiger partial charge in [-0.15, -0.1) is 0 Å². The number of nitrogens with zero attached hydrogens (tertiary/aromatic N) is 1. The first-order chi connectivity index (χ1) is 12.0. The summed E-state index contributed by atoms with van der Waals surface area (Å²) >= 11 is 6.23. The maximum absolute atomic E-state index is 12.9. The number of allylic oxidation sites excluding steroid dienone is 2. The van der Waals surface area contributed by atoms with Crippen LogP contribution >= 0.6 is 11.6 Å². The molecule has 0 saturated heterocycles. The van der Waals surface area contributed by atoms with E-state index in [1.54, 1.807) is 24.0 Å². The Labute approximate surface area is 151 Å². The first-order valence-electron chi connectivity index (χ1n) is 7.70. The van der Waals surface area contributed by atoms with Crippen molar-refractivity contribution in [1.29, 1.82) is 0 Å². The fourth-order valence-electron chi connectivity index (χ4n) is 2.81. The lowest BCUT2D eigenvalue weighted by Gasteiger charge is -2.21. The van der Waals surface area contributed by atoms with Gasteiger partial charge in [0, 0.05) is 16.4 Å². The van der Waals surface area contributed by atoms with Crippen LogP contribution in [0.15, 0.2) is 71.6 Å². The summed E-state index contributed by atoms with van der Waals surface area (Å²) < 4.78 is 4.78. The van der Waals surface area contributed by atoms with Gasteiger partial charge < -0.3 is 9.64 Å². The summed E-state index contributed by atoms with van der Waals surface area (Å²) in [4.78, 5) is 26.7. The summed E-state index contributed by atoms with van der Waals surface area (Å²) in [5.41, 5.74) is 2.40. The first kappa shape index (κ1) is 17.0. The van der Waals surface area contributed by atoms with Crippen LogP contribution in [0.25, 0.3) is 6.08 Å². The summed E-state index contributed by atoms with van der Waals surface area (Å²) in [7, 11) is 1.26. The van der Waals surface area contributed by atoms with Gasteiger partial charge in [0.2, 0.25) is 5.78 Å². The molecule has 1 aliphatic rings. The third kappa shape index (κ3) is 3.08. The van der Waals surface area contributed by atoms with Crippen LogP contribution in [0.3, 0.4) is 0 Å². The lowest BCUT2D eigenvalue weighted by atomic mass is 10.1. The van der Waals surface area contributed by atoms with Gasteiger partial charge in [0.1, 0.15) is 5.57 Å². The quantitative estimate of drug-likeness (QED) is 0.471. The molecule has 0 radical (unpaired) electrons. The van der Waals surface area contributed by atoms with E-state index in [2.05, 4.69) is 0 Å². The van der Waals surface area contributed by atoms with Crippen molar-refractivity contribution in [2.45, 2.75) is 6.92 Å². The minimum Gasteiger partial charge on any atom is -0.465 e. The van der Waals surface area contributed by atoms with Crippen LogP contribution in [-0.2, 0) is 14.3 Å². The highest BCUT2D eigenvalue weighted by molar-refractivity contribution is 6.33. The SMILES string of the molecule is COC(=O)C1=C(C)N(c2ccccc2)/C(=C/c2ccccc2Cl)C1=O. The molecule has 126 valence electrons. The summed E-state index contributed by atoms with van der Waals surface area (Å²) in [5, 5.41) is 0.528. The second kappa shape index (κ2) is 6.95. The molecule has 0 atom stereocenters. The van der Waals surface area contributed by atoms with E-state index in [0.29, 0.717) is 22.0 Å². The zero-order chi connectivity index (χ0) is 18.0. The third-order valence-electron chi connectivity index (χ3n) is 4.00. The Hall–Kier alpha value is -2.85. The van der Waals surface area contributed by atoms with Crippen LogP contribution in [0.5, 0.6) is 0 Å². The molecule has 3 rings (SSSR count). The number of ketones is 1. The smallest absolute Gasteiger partial charge is 0.343 e. The van der Waals surface area contributed by atoms with Crippen molar-refractivity contribution in [3.05, 3.63) is 82.2 Å². The first-order valence-corrected chi connectivity index (χ1v) is 8.07. The minimum absolute atomic E-state index is 0.0321. The molecule has 0 fully saturated rings. The molecule has 0 bridgehead atoms. The monoisotopic (exact) mass is 353 g/mol. The molecule has 25 heavy (non-hydrogen) atoms. The molecule has 2 aromatic carbocycles. The highest BCUT2D eigenvalue weighted by Gasteiger charge is 2.38. The van der Waals surface area contributed by atoms with Crippen LogP contribution < -0.4 is 4.90 Å². The molecular formula is C20H16ClNO3. The number of ether oxygens (including phenoxy) is 1. The van der Waals surface area contributed by atoms with Crippen molar-refractivity contribution < 1.29 is 14.3 Å². The number of benzene rings is 2. The topological polar surface area (TPSA) is 46.6 Å². The Kier molecular flexibility index (Phi) is 4.72. The number of hydrogen-bond donors (Lipinski definition) is 0. The number of carbonyl (C=O) groups excluding carboxylic acids is 2. The summed E-state index contributed by atoms with van der Waals surface area (Å²) in [6.07, 6.45) is 1.69. The Morgan fingerprint density at radius 2 is 1.72 bits per heavy atom. The van der Waals surface area contributed by atoms with Crippen LogP contribution in [0.4, 0.5) is 5.69 Å². The van der Waals surface area contributed by atoms with E-state index in [-0.39, 0.29) is 11.4 Å². The van der Waals surface area contributed by atoms with E-state index < -0.39 is 5.97 Å². The van der Waals surface area contributed by atoms with Gasteiger partial charge in [-0.05, 0) is 36.8 Å². The predicted octanol–water partition coefficient (Wildman–Crippen LogP) is 4.22. The van der Waals surface area contributed by atoms with Gasteiger partial charge in [0.25, 0.3) is 0 Å². The third-order valence-corrected chi connectivity index (χ3v) is 4.34. The van der Waals surface area contributed by atoms with Gasteiger partial charge in [0.15, 0.2) is 0 Å². The zero-order valence-electron chi connectivity index (χ0n) is 13.8. The molecule has 1 heterocycles. The van der Waals surface area contributed by atoms with Crippen molar-refractivity contribution in [3.63, 3.8) is 0 Å². The number of hydrogen-bond acceptors (Lipinski definition) is 4. The molecule has 4 nitrogen and oxygen atoms in total. The van der Waals surface area contributed by atoms with E-state index in [1.165, 1.54) is 7.11 Å². The summed E-state index contributed by atoms with van der Waals surface area (Å²) in [5.74, 6) is -1.03. The standard InChI is InChI=1S/C20H16ClNO3/c1-13-18(20(24)25-2)19(23)17(12-14-8-6-7-11-16(14)21)22(13)15-9-4-3-5-10-15/h3-12H,1-2H3/b17-12+. The van der Waals surface area contributed by atoms with E-state index in [1.807, 2.05) is 48.5 Å². The maximum Gasteiger partial charge on any atom is 0.343 e. The number of Topliss-reactive ketones (excluding diaryl/α,β-unsaturated/α-hetero) is 1. The summed E-state index contributed by atoms with van der Waals surface area (Å²) in [6.45, 7) is 1.73.